The molecule has 24 heavy (non-hydrogen) atoms. The number of thiocarbonyl (C=S) groups is 1. The smallest absolute Gasteiger partial charge is 0.187 e. The third kappa shape index (κ3) is 3.24. The van der Waals surface area contributed by atoms with Gasteiger partial charge in [0, 0.05) is 16.1 Å². The molecule has 4 aliphatic carbocycles. The molecular weight excluding hydrogens is 342 g/mol. The van der Waals surface area contributed by atoms with E-state index in [0.29, 0.717) is 15.7 Å². The van der Waals surface area contributed by atoms with Crippen molar-refractivity contribution < 1.29 is 5.11 Å². The van der Waals surface area contributed by atoms with Crippen molar-refractivity contribution in [1.29, 1.82) is 0 Å². The maximum absolute atomic E-state index is 9.78. The van der Waals surface area contributed by atoms with E-state index in [1.54, 1.807) is 18.2 Å². The third-order valence-corrected chi connectivity index (χ3v) is 6.20. The molecule has 3 N–H and O–H groups in total. The number of hydrazone groups is 1. The summed E-state index contributed by atoms with van der Waals surface area (Å²) in [7, 11) is 0. The largest absolute Gasteiger partial charge is 0.507 e. The average molecular weight is 364 g/mol. The van der Waals surface area contributed by atoms with E-state index in [1.165, 1.54) is 44.7 Å². The summed E-state index contributed by atoms with van der Waals surface area (Å²) in [5, 5.41) is 18.6. The molecule has 5 rings (SSSR count). The predicted octanol–water partition coefficient (Wildman–Crippen LogP) is 3.81. The Morgan fingerprint density at radius 2 is 1.83 bits per heavy atom. The normalized spacial score (nSPS) is 33.8. The van der Waals surface area contributed by atoms with Crippen molar-refractivity contribution in [3.63, 3.8) is 0 Å². The first-order chi connectivity index (χ1) is 11.5. The fourth-order valence-electron chi connectivity index (χ4n) is 5.32. The summed E-state index contributed by atoms with van der Waals surface area (Å²) < 4.78 is 0. The SMILES string of the molecule is Oc1ccc(Cl)cc1C=NNC(=S)NC12CC3CC(CC(C3)C1)C2. The van der Waals surface area contributed by atoms with Crippen molar-refractivity contribution in [2.75, 3.05) is 0 Å². The molecule has 6 heteroatoms. The Labute approximate surface area is 152 Å². The lowest BCUT2D eigenvalue weighted by atomic mass is 9.53. The number of aromatic hydroxyl groups is 1. The summed E-state index contributed by atoms with van der Waals surface area (Å²) in [5.74, 6) is 2.76. The van der Waals surface area contributed by atoms with Crippen LogP contribution in [0.25, 0.3) is 0 Å². The van der Waals surface area contributed by atoms with Crippen LogP contribution in [-0.4, -0.2) is 22.0 Å². The minimum Gasteiger partial charge on any atom is -0.507 e. The maximum Gasteiger partial charge on any atom is 0.187 e. The van der Waals surface area contributed by atoms with Gasteiger partial charge in [-0.2, -0.15) is 5.10 Å². The van der Waals surface area contributed by atoms with Crippen molar-refractivity contribution in [2.45, 2.75) is 44.1 Å². The fraction of sp³-hybridized carbons (Fsp3) is 0.556. The number of phenols is 1. The second-order valence-electron chi connectivity index (χ2n) is 7.73. The zero-order valence-corrected chi connectivity index (χ0v) is 15.0. The Hall–Kier alpha value is -1.33. The highest BCUT2D eigenvalue weighted by Gasteiger charge is 2.51. The second kappa shape index (κ2) is 6.19. The molecule has 4 fully saturated rings. The summed E-state index contributed by atoms with van der Waals surface area (Å²) in [5.41, 5.74) is 3.62. The molecule has 0 atom stereocenters. The molecule has 0 heterocycles. The minimum atomic E-state index is 0.143. The van der Waals surface area contributed by atoms with E-state index >= 15 is 0 Å². The van der Waals surface area contributed by atoms with Crippen LogP contribution in [0.5, 0.6) is 5.75 Å². The zero-order valence-electron chi connectivity index (χ0n) is 13.5. The van der Waals surface area contributed by atoms with E-state index < -0.39 is 0 Å². The van der Waals surface area contributed by atoms with Gasteiger partial charge in [0.05, 0.1) is 6.21 Å². The first-order valence-corrected chi connectivity index (χ1v) is 9.40. The molecule has 0 radical (unpaired) electrons. The number of halogens is 1. The van der Waals surface area contributed by atoms with Crippen LogP contribution in [0.3, 0.4) is 0 Å². The van der Waals surface area contributed by atoms with Crippen molar-refractivity contribution in [1.82, 2.24) is 10.7 Å². The Balaban J connectivity index is 1.37. The van der Waals surface area contributed by atoms with Gasteiger partial charge >= 0.3 is 0 Å². The molecule has 0 amide bonds. The van der Waals surface area contributed by atoms with E-state index in [4.69, 9.17) is 23.8 Å². The predicted molar refractivity (Wildman–Crippen MR) is 100 cm³/mol. The van der Waals surface area contributed by atoms with Crippen molar-refractivity contribution >= 4 is 35.1 Å². The van der Waals surface area contributed by atoms with E-state index in [2.05, 4.69) is 15.8 Å². The van der Waals surface area contributed by atoms with E-state index in [0.717, 1.165) is 17.8 Å². The highest BCUT2D eigenvalue weighted by atomic mass is 35.5. The van der Waals surface area contributed by atoms with Gasteiger partial charge in [0.15, 0.2) is 5.11 Å². The lowest BCUT2D eigenvalue weighted by molar-refractivity contribution is -0.0101. The zero-order chi connectivity index (χ0) is 16.7. The second-order valence-corrected chi connectivity index (χ2v) is 8.57. The van der Waals surface area contributed by atoms with Crippen LogP contribution in [0, 0.1) is 17.8 Å². The summed E-state index contributed by atoms with van der Waals surface area (Å²) in [6.45, 7) is 0. The Morgan fingerprint density at radius 3 is 2.46 bits per heavy atom. The highest BCUT2D eigenvalue weighted by Crippen LogP contribution is 2.55. The topological polar surface area (TPSA) is 56.7 Å². The molecule has 4 saturated carbocycles. The summed E-state index contributed by atoms with van der Waals surface area (Å²) >= 11 is 11.4. The van der Waals surface area contributed by atoms with Gasteiger partial charge in [-0.25, -0.2) is 0 Å². The van der Waals surface area contributed by atoms with Crippen molar-refractivity contribution in [2.24, 2.45) is 22.9 Å². The quantitative estimate of drug-likeness (QED) is 0.434. The molecule has 0 unspecified atom stereocenters. The van der Waals surface area contributed by atoms with Crippen LogP contribution in [0.15, 0.2) is 23.3 Å². The summed E-state index contributed by atoms with van der Waals surface area (Å²) in [6.07, 6.45) is 9.47. The number of hydrogen-bond acceptors (Lipinski definition) is 3. The monoisotopic (exact) mass is 363 g/mol. The van der Waals surface area contributed by atoms with Crippen LogP contribution < -0.4 is 10.7 Å². The van der Waals surface area contributed by atoms with Gasteiger partial charge in [-0.3, -0.25) is 5.43 Å². The number of nitrogens with zero attached hydrogens (tertiary/aromatic N) is 1. The van der Waals surface area contributed by atoms with Gasteiger partial charge in [-0.15, -0.1) is 0 Å². The standard InChI is InChI=1S/C18H22ClN3OS/c19-15-1-2-16(23)14(6-15)10-20-22-17(24)21-18-7-11-3-12(8-18)5-13(4-11)9-18/h1-2,6,10-13,23H,3-5,7-9H2,(H2,21,22,24). The number of nitrogens with one attached hydrogen (secondary N) is 2. The Morgan fingerprint density at radius 1 is 1.21 bits per heavy atom. The van der Waals surface area contributed by atoms with Gasteiger partial charge in [0.1, 0.15) is 5.75 Å². The van der Waals surface area contributed by atoms with Crippen LogP contribution in [0.2, 0.25) is 5.02 Å². The molecule has 0 aromatic heterocycles. The van der Waals surface area contributed by atoms with E-state index in [9.17, 15) is 5.11 Å². The molecule has 1 aromatic carbocycles. The van der Waals surface area contributed by atoms with Gasteiger partial charge in [-0.05, 0) is 86.7 Å². The lowest BCUT2D eigenvalue weighted by Crippen LogP contribution is -2.61. The average Bonchev–Trinajstić information content (AvgIpc) is 2.48. The van der Waals surface area contributed by atoms with Gasteiger partial charge in [-0.1, -0.05) is 11.6 Å². The Kier molecular flexibility index (Phi) is 4.17. The first-order valence-electron chi connectivity index (χ1n) is 8.61. The highest BCUT2D eigenvalue weighted by molar-refractivity contribution is 7.80. The fourth-order valence-corrected chi connectivity index (χ4v) is 5.77. The van der Waals surface area contributed by atoms with E-state index in [1.807, 2.05) is 0 Å². The number of phenolic OH excluding ortho intramolecular Hbond substituents is 1. The molecule has 0 aliphatic heterocycles. The number of rotatable bonds is 3. The van der Waals surface area contributed by atoms with Gasteiger partial charge in [0.25, 0.3) is 0 Å². The number of benzene rings is 1. The molecule has 128 valence electrons. The van der Waals surface area contributed by atoms with Crippen LogP contribution >= 0.6 is 23.8 Å². The maximum atomic E-state index is 9.78. The molecule has 4 aliphatic rings. The first kappa shape index (κ1) is 16.2. The van der Waals surface area contributed by atoms with Crippen LogP contribution in [-0.2, 0) is 0 Å². The summed E-state index contributed by atoms with van der Waals surface area (Å²) in [4.78, 5) is 0. The van der Waals surface area contributed by atoms with Crippen molar-refractivity contribution in [3.8, 4) is 5.75 Å². The third-order valence-electron chi connectivity index (χ3n) is 5.78. The molecule has 4 nitrogen and oxygen atoms in total. The van der Waals surface area contributed by atoms with Gasteiger partial charge < -0.3 is 10.4 Å². The molecule has 1 aromatic rings. The Bertz CT molecular complexity index is 656. The molecule has 4 bridgehead atoms. The van der Waals surface area contributed by atoms with Gasteiger partial charge in [0.2, 0.25) is 0 Å². The molecule has 0 saturated heterocycles. The van der Waals surface area contributed by atoms with E-state index in [-0.39, 0.29) is 11.3 Å². The van der Waals surface area contributed by atoms with Crippen LogP contribution in [0.4, 0.5) is 0 Å². The van der Waals surface area contributed by atoms with Crippen molar-refractivity contribution in [3.05, 3.63) is 28.8 Å². The number of hydrogen-bond donors (Lipinski definition) is 3. The summed E-state index contributed by atoms with van der Waals surface area (Å²) in [6, 6.07) is 4.86. The lowest BCUT2D eigenvalue weighted by Gasteiger charge is -2.57. The molecule has 0 spiro atoms. The van der Waals surface area contributed by atoms with Crippen LogP contribution in [0.1, 0.15) is 44.1 Å². The minimum absolute atomic E-state index is 0.143. The molecular formula is C18H22ClN3OS.